The number of thioether (sulfide) groups is 1. The van der Waals surface area contributed by atoms with Crippen LogP contribution >= 0.6 is 23.4 Å². The molecule has 3 nitrogen and oxygen atoms in total. The Hall–Kier alpha value is 0.550. The summed E-state index contributed by atoms with van der Waals surface area (Å²) in [5, 5.41) is 0.454. The molecule has 0 aromatic heterocycles. The molecule has 1 rings (SSSR count). The Balaban J connectivity index is 2.39. The van der Waals surface area contributed by atoms with Crippen molar-refractivity contribution in [2.24, 2.45) is 5.92 Å². The lowest BCUT2D eigenvalue weighted by Gasteiger charge is -2.31. The first kappa shape index (κ1) is 14.6. The molecule has 2 atom stereocenters. The van der Waals surface area contributed by atoms with Crippen LogP contribution in [0.1, 0.15) is 19.8 Å². The summed E-state index contributed by atoms with van der Waals surface area (Å²) in [6.07, 6.45) is 3.41. The first-order valence-corrected chi connectivity index (χ1v) is 8.99. The highest BCUT2D eigenvalue weighted by Gasteiger charge is 2.25. The molecule has 1 fully saturated rings. The van der Waals surface area contributed by atoms with Gasteiger partial charge in [0.1, 0.15) is 0 Å². The maximum Gasteiger partial charge on any atom is 0.211 e. The van der Waals surface area contributed by atoms with Crippen LogP contribution in [0.15, 0.2) is 0 Å². The van der Waals surface area contributed by atoms with Gasteiger partial charge < -0.3 is 0 Å². The van der Waals surface area contributed by atoms with E-state index in [9.17, 15) is 8.42 Å². The molecule has 0 aliphatic carbocycles. The van der Waals surface area contributed by atoms with Crippen LogP contribution in [0, 0.1) is 5.92 Å². The van der Waals surface area contributed by atoms with E-state index in [1.165, 1.54) is 6.26 Å². The van der Waals surface area contributed by atoms with Gasteiger partial charge in [0.15, 0.2) is 0 Å². The second-order valence-corrected chi connectivity index (χ2v) is 8.19. The number of halogens is 1. The lowest BCUT2D eigenvalue weighted by Crippen LogP contribution is -2.40. The molecular weight excluding hydrogens is 266 g/mol. The Morgan fingerprint density at radius 1 is 1.56 bits per heavy atom. The molecule has 6 heteroatoms. The normalized spacial score (nSPS) is 25.6. The zero-order valence-corrected chi connectivity index (χ0v) is 12.2. The summed E-state index contributed by atoms with van der Waals surface area (Å²) >= 11 is 7.59. The maximum atomic E-state index is 11.4. The largest absolute Gasteiger partial charge is 0.213 e. The molecule has 0 amide bonds. The van der Waals surface area contributed by atoms with Crippen LogP contribution in [0.25, 0.3) is 0 Å². The van der Waals surface area contributed by atoms with Gasteiger partial charge in [-0.2, -0.15) is 11.8 Å². The fourth-order valence-electron chi connectivity index (χ4n) is 1.81. The van der Waals surface area contributed by atoms with Crippen LogP contribution in [0.5, 0.6) is 0 Å². The first-order chi connectivity index (χ1) is 7.43. The molecule has 0 aromatic rings. The van der Waals surface area contributed by atoms with Crippen molar-refractivity contribution in [3.63, 3.8) is 0 Å². The van der Waals surface area contributed by atoms with Gasteiger partial charge in [-0.25, -0.2) is 12.7 Å². The molecule has 0 radical (unpaired) electrons. The molecule has 0 spiro atoms. The van der Waals surface area contributed by atoms with Crippen molar-refractivity contribution in [1.29, 1.82) is 0 Å². The van der Waals surface area contributed by atoms with Crippen molar-refractivity contribution in [3.8, 4) is 0 Å². The summed E-state index contributed by atoms with van der Waals surface area (Å²) in [6, 6.07) is 0. The Labute approximate surface area is 108 Å². The van der Waals surface area contributed by atoms with E-state index < -0.39 is 10.0 Å². The Morgan fingerprint density at radius 3 is 2.81 bits per heavy atom. The van der Waals surface area contributed by atoms with Gasteiger partial charge in [0, 0.05) is 24.2 Å². The van der Waals surface area contributed by atoms with Crippen LogP contribution in [-0.2, 0) is 10.0 Å². The summed E-state index contributed by atoms with van der Waals surface area (Å²) in [6.45, 7) is 3.47. The smallest absolute Gasteiger partial charge is 0.211 e. The summed E-state index contributed by atoms with van der Waals surface area (Å²) in [5.41, 5.74) is 0. The van der Waals surface area contributed by atoms with E-state index >= 15 is 0 Å². The molecule has 16 heavy (non-hydrogen) atoms. The fraction of sp³-hybridized carbons (Fsp3) is 1.00. The number of rotatable bonds is 5. The summed E-state index contributed by atoms with van der Waals surface area (Å²) < 4.78 is 24.5. The van der Waals surface area contributed by atoms with E-state index in [4.69, 9.17) is 11.6 Å². The Morgan fingerprint density at radius 2 is 2.25 bits per heavy atom. The zero-order chi connectivity index (χ0) is 12.2. The highest BCUT2D eigenvalue weighted by molar-refractivity contribution is 7.99. The Bertz CT molecular complexity index is 308. The van der Waals surface area contributed by atoms with Crippen molar-refractivity contribution in [3.05, 3.63) is 0 Å². The number of alkyl halides is 1. The van der Waals surface area contributed by atoms with Gasteiger partial charge in [-0.1, -0.05) is 6.92 Å². The highest BCUT2D eigenvalue weighted by Crippen LogP contribution is 2.24. The molecule has 1 aliphatic heterocycles. The molecule has 0 bridgehead atoms. The monoisotopic (exact) mass is 285 g/mol. The summed E-state index contributed by atoms with van der Waals surface area (Å²) in [7, 11) is -3.00. The van der Waals surface area contributed by atoms with Crippen LogP contribution in [0.2, 0.25) is 0 Å². The molecular formula is C10H20ClNO2S2. The molecule has 0 aromatic carbocycles. The minimum atomic E-state index is -3.00. The average molecular weight is 286 g/mol. The molecule has 1 saturated heterocycles. The quantitative estimate of drug-likeness (QED) is 0.725. The topological polar surface area (TPSA) is 37.4 Å². The molecule has 96 valence electrons. The number of sulfonamides is 1. The number of hydrogen-bond acceptors (Lipinski definition) is 3. The van der Waals surface area contributed by atoms with E-state index in [1.807, 2.05) is 11.8 Å². The van der Waals surface area contributed by atoms with E-state index in [0.717, 1.165) is 18.6 Å². The van der Waals surface area contributed by atoms with Gasteiger partial charge in [-0.3, -0.25) is 0 Å². The van der Waals surface area contributed by atoms with Crippen LogP contribution in [-0.4, -0.2) is 49.0 Å². The first-order valence-electron chi connectivity index (χ1n) is 5.56. The van der Waals surface area contributed by atoms with Gasteiger partial charge in [-0.15, -0.1) is 11.6 Å². The third kappa shape index (κ3) is 4.82. The van der Waals surface area contributed by atoms with E-state index in [2.05, 4.69) is 6.92 Å². The van der Waals surface area contributed by atoms with Gasteiger partial charge >= 0.3 is 0 Å². The lowest BCUT2D eigenvalue weighted by atomic mass is 10.0. The third-order valence-corrected chi connectivity index (χ3v) is 6.10. The zero-order valence-electron chi connectivity index (χ0n) is 9.86. The number of nitrogens with zero attached hydrogens (tertiary/aromatic N) is 1. The van der Waals surface area contributed by atoms with Crippen LogP contribution in [0.4, 0.5) is 0 Å². The molecule has 0 N–H and O–H groups in total. The molecule has 0 saturated carbocycles. The van der Waals surface area contributed by atoms with Crippen molar-refractivity contribution in [2.75, 3.05) is 31.0 Å². The summed E-state index contributed by atoms with van der Waals surface area (Å²) in [4.78, 5) is 0. The highest BCUT2D eigenvalue weighted by atomic mass is 35.5. The lowest BCUT2D eigenvalue weighted by molar-refractivity contribution is 0.286. The van der Waals surface area contributed by atoms with Gasteiger partial charge in [0.2, 0.25) is 10.0 Å². The SMILES string of the molecule is CC(CCl)SCC1CCCN(S(C)(=O)=O)C1. The van der Waals surface area contributed by atoms with E-state index in [0.29, 0.717) is 30.1 Å². The van der Waals surface area contributed by atoms with Gasteiger partial charge in [0.05, 0.1) is 6.26 Å². The van der Waals surface area contributed by atoms with Crippen molar-refractivity contribution in [2.45, 2.75) is 25.0 Å². The molecule has 1 heterocycles. The fourth-order valence-corrected chi connectivity index (χ4v) is 3.98. The second kappa shape index (κ2) is 6.47. The third-order valence-electron chi connectivity index (χ3n) is 2.78. The van der Waals surface area contributed by atoms with E-state index in [-0.39, 0.29) is 0 Å². The minimum Gasteiger partial charge on any atom is -0.213 e. The number of piperidine rings is 1. The van der Waals surface area contributed by atoms with Gasteiger partial charge in [0.25, 0.3) is 0 Å². The van der Waals surface area contributed by atoms with Crippen LogP contribution in [0.3, 0.4) is 0 Å². The molecule has 1 aliphatic rings. The van der Waals surface area contributed by atoms with Gasteiger partial charge in [-0.05, 0) is 24.5 Å². The molecule has 2 unspecified atom stereocenters. The van der Waals surface area contributed by atoms with Crippen molar-refractivity contribution in [1.82, 2.24) is 4.31 Å². The standard InChI is InChI=1S/C10H20ClNO2S2/c1-9(6-11)15-8-10-4-3-5-12(7-10)16(2,13)14/h9-10H,3-8H2,1-2H3. The maximum absolute atomic E-state index is 11.4. The number of hydrogen-bond donors (Lipinski definition) is 0. The summed E-state index contributed by atoms with van der Waals surface area (Å²) in [5.74, 6) is 2.16. The second-order valence-electron chi connectivity index (χ2n) is 4.43. The predicted molar refractivity (Wildman–Crippen MR) is 71.8 cm³/mol. The van der Waals surface area contributed by atoms with E-state index in [1.54, 1.807) is 4.31 Å². The van der Waals surface area contributed by atoms with Crippen molar-refractivity contribution < 1.29 is 8.42 Å². The van der Waals surface area contributed by atoms with Crippen molar-refractivity contribution >= 4 is 33.4 Å². The predicted octanol–water partition coefficient (Wildman–Crippen LogP) is 2.02. The minimum absolute atomic E-state index is 0.454. The van der Waals surface area contributed by atoms with Crippen LogP contribution < -0.4 is 0 Å². The Kier molecular flexibility index (Phi) is 5.91. The average Bonchev–Trinajstić information content (AvgIpc) is 2.25.